The summed E-state index contributed by atoms with van der Waals surface area (Å²) in [6.45, 7) is 9.47. The van der Waals surface area contributed by atoms with Crippen LogP contribution in [0.5, 0.6) is 0 Å². The summed E-state index contributed by atoms with van der Waals surface area (Å²) >= 11 is 0. The van der Waals surface area contributed by atoms with Crippen LogP contribution in [0.15, 0.2) is 12.4 Å². The molecule has 0 amide bonds. The fourth-order valence-corrected chi connectivity index (χ4v) is 6.89. The fourth-order valence-electron chi connectivity index (χ4n) is 6.89. The molecule has 2 nitrogen and oxygen atoms in total. The fraction of sp³-hybridized carbons (Fsp3) is 0.950. The van der Waals surface area contributed by atoms with Gasteiger partial charge in [0, 0.05) is 25.5 Å². The molecule has 0 saturated heterocycles. The molecule has 0 spiro atoms. The predicted octanol–water partition coefficient (Wildman–Crippen LogP) is 13.9. The number of unbranched alkanes of at least 4 members (excludes halogenated alkanes) is 28. The molecule has 250 valence electrons. The molecule has 0 saturated carbocycles. The molecule has 0 radical (unpaired) electrons. The summed E-state index contributed by atoms with van der Waals surface area (Å²) in [7, 11) is 0. The molecule has 1 rings (SSSR count). The molecular formula is C40H80N2. The van der Waals surface area contributed by atoms with Crippen LogP contribution in [0.1, 0.15) is 226 Å². The second-order valence-corrected chi connectivity index (χ2v) is 13.9. The molecular weight excluding hydrogens is 508 g/mol. The highest BCUT2D eigenvalue weighted by Crippen LogP contribution is 2.24. The second-order valence-electron chi connectivity index (χ2n) is 13.9. The van der Waals surface area contributed by atoms with Crippen molar-refractivity contribution in [2.24, 2.45) is 0 Å². The number of hydrogen-bond acceptors (Lipinski definition) is 2. The van der Waals surface area contributed by atoms with Gasteiger partial charge in [0.25, 0.3) is 0 Å². The van der Waals surface area contributed by atoms with Crippen molar-refractivity contribution in [1.82, 2.24) is 9.80 Å². The van der Waals surface area contributed by atoms with Gasteiger partial charge in [-0.25, -0.2) is 0 Å². The molecule has 42 heavy (non-hydrogen) atoms. The van der Waals surface area contributed by atoms with Crippen LogP contribution in [0.4, 0.5) is 0 Å². The maximum atomic E-state index is 2.71. The van der Waals surface area contributed by atoms with Crippen LogP contribution < -0.4 is 0 Å². The lowest BCUT2D eigenvalue weighted by atomic mass is 10.0. The van der Waals surface area contributed by atoms with Gasteiger partial charge in [-0.2, -0.15) is 0 Å². The van der Waals surface area contributed by atoms with E-state index in [0.717, 1.165) is 0 Å². The van der Waals surface area contributed by atoms with E-state index in [1.165, 1.54) is 219 Å². The average molecular weight is 589 g/mol. The van der Waals surface area contributed by atoms with Crippen molar-refractivity contribution in [3.8, 4) is 0 Å². The smallest absolute Gasteiger partial charge is 0.101 e. The van der Waals surface area contributed by atoms with E-state index in [4.69, 9.17) is 0 Å². The zero-order valence-electron chi connectivity index (χ0n) is 29.7. The van der Waals surface area contributed by atoms with E-state index in [2.05, 4.69) is 43.0 Å². The van der Waals surface area contributed by atoms with Crippen LogP contribution in [-0.4, -0.2) is 29.1 Å². The van der Waals surface area contributed by atoms with Crippen molar-refractivity contribution >= 4 is 0 Å². The standard InChI is InChI=1S/C40H80N2/c1-4-7-10-13-15-17-19-20-21-22-23-24-25-26-28-30-32-35-40-41(36-33-12-9-6-3)38-39-42(40)37-34-31-29-27-18-16-14-11-8-5-2/h38-40H,4-37H2,1-3H3. The van der Waals surface area contributed by atoms with Gasteiger partial charge in [-0.15, -0.1) is 0 Å². The van der Waals surface area contributed by atoms with Gasteiger partial charge in [0.15, 0.2) is 0 Å². The molecule has 1 atom stereocenters. The molecule has 0 N–H and O–H groups in total. The van der Waals surface area contributed by atoms with E-state index in [9.17, 15) is 0 Å². The highest BCUT2D eigenvalue weighted by Gasteiger charge is 2.24. The van der Waals surface area contributed by atoms with E-state index in [1.807, 2.05) is 0 Å². The van der Waals surface area contributed by atoms with Crippen LogP contribution in [0.25, 0.3) is 0 Å². The van der Waals surface area contributed by atoms with E-state index in [0.29, 0.717) is 6.17 Å². The first-order valence-electron chi connectivity index (χ1n) is 20.0. The van der Waals surface area contributed by atoms with E-state index >= 15 is 0 Å². The summed E-state index contributed by atoms with van der Waals surface area (Å²) < 4.78 is 0. The van der Waals surface area contributed by atoms with E-state index < -0.39 is 0 Å². The van der Waals surface area contributed by atoms with Crippen molar-refractivity contribution in [2.45, 2.75) is 232 Å². The highest BCUT2D eigenvalue weighted by molar-refractivity contribution is 4.97. The summed E-state index contributed by atoms with van der Waals surface area (Å²) in [4.78, 5) is 5.40. The van der Waals surface area contributed by atoms with Crippen LogP contribution in [0, 0.1) is 0 Å². The minimum Gasteiger partial charge on any atom is -0.356 e. The minimum absolute atomic E-state index is 0.640. The zero-order chi connectivity index (χ0) is 30.2. The van der Waals surface area contributed by atoms with E-state index in [1.54, 1.807) is 0 Å². The third kappa shape index (κ3) is 23.8. The molecule has 1 aliphatic rings. The number of nitrogens with zero attached hydrogens (tertiary/aromatic N) is 2. The van der Waals surface area contributed by atoms with Gasteiger partial charge < -0.3 is 9.80 Å². The van der Waals surface area contributed by atoms with Gasteiger partial charge in [-0.05, 0) is 25.7 Å². The topological polar surface area (TPSA) is 6.48 Å². The van der Waals surface area contributed by atoms with Crippen LogP contribution in [0.2, 0.25) is 0 Å². The summed E-state index contributed by atoms with van der Waals surface area (Å²) in [5, 5.41) is 0. The summed E-state index contributed by atoms with van der Waals surface area (Å²) in [6.07, 6.45) is 51.5. The second kappa shape index (κ2) is 31.8. The Kier molecular flexibility index (Phi) is 29.8. The van der Waals surface area contributed by atoms with Crippen LogP contribution in [-0.2, 0) is 0 Å². The Balaban J connectivity index is 2.08. The molecule has 0 bridgehead atoms. The molecule has 1 heterocycles. The first-order valence-corrected chi connectivity index (χ1v) is 20.0. The lowest BCUT2D eigenvalue weighted by Gasteiger charge is -2.33. The Bertz CT molecular complexity index is 544. The van der Waals surface area contributed by atoms with Crippen molar-refractivity contribution in [3.63, 3.8) is 0 Å². The zero-order valence-corrected chi connectivity index (χ0v) is 29.7. The Morgan fingerprint density at radius 1 is 0.310 bits per heavy atom. The highest BCUT2D eigenvalue weighted by atomic mass is 15.4. The maximum absolute atomic E-state index is 2.71. The Labute approximate surface area is 267 Å². The maximum Gasteiger partial charge on any atom is 0.101 e. The van der Waals surface area contributed by atoms with Crippen molar-refractivity contribution < 1.29 is 0 Å². The Morgan fingerprint density at radius 2 is 0.548 bits per heavy atom. The summed E-state index contributed by atoms with van der Waals surface area (Å²) in [6, 6.07) is 0. The summed E-state index contributed by atoms with van der Waals surface area (Å²) in [5.74, 6) is 0. The van der Waals surface area contributed by atoms with Gasteiger partial charge in [0.05, 0.1) is 0 Å². The number of hydrogen-bond donors (Lipinski definition) is 0. The van der Waals surface area contributed by atoms with Crippen LogP contribution in [0.3, 0.4) is 0 Å². The first-order chi connectivity index (χ1) is 20.8. The molecule has 0 fully saturated rings. The van der Waals surface area contributed by atoms with Gasteiger partial charge in [0.2, 0.25) is 0 Å². The minimum atomic E-state index is 0.640. The lowest BCUT2D eigenvalue weighted by Crippen LogP contribution is -2.39. The predicted molar refractivity (Wildman–Crippen MR) is 191 cm³/mol. The van der Waals surface area contributed by atoms with E-state index in [-0.39, 0.29) is 0 Å². The molecule has 0 aromatic heterocycles. The molecule has 0 aliphatic carbocycles. The van der Waals surface area contributed by atoms with Gasteiger partial charge in [0.1, 0.15) is 6.17 Å². The number of rotatable bonds is 34. The average Bonchev–Trinajstić information content (AvgIpc) is 3.38. The Hall–Kier alpha value is -0.660. The molecule has 0 aromatic carbocycles. The molecule has 1 aliphatic heterocycles. The van der Waals surface area contributed by atoms with Crippen molar-refractivity contribution in [3.05, 3.63) is 12.4 Å². The normalized spacial score (nSPS) is 15.0. The van der Waals surface area contributed by atoms with Gasteiger partial charge in [-0.1, -0.05) is 201 Å². The molecule has 0 aromatic rings. The third-order valence-electron chi connectivity index (χ3n) is 9.82. The molecule has 2 heteroatoms. The third-order valence-corrected chi connectivity index (χ3v) is 9.82. The largest absolute Gasteiger partial charge is 0.356 e. The monoisotopic (exact) mass is 589 g/mol. The SMILES string of the molecule is CCCCCCCCCCCCCCCCCCCC1N(CCCCCC)C=CN1CCCCCCCCCCCC. The van der Waals surface area contributed by atoms with Crippen LogP contribution >= 0.6 is 0 Å². The van der Waals surface area contributed by atoms with Gasteiger partial charge in [-0.3, -0.25) is 0 Å². The quantitative estimate of drug-likeness (QED) is 0.0690. The summed E-state index contributed by atoms with van der Waals surface area (Å²) in [5.41, 5.74) is 0. The lowest BCUT2D eigenvalue weighted by molar-refractivity contribution is 0.135. The van der Waals surface area contributed by atoms with Crippen molar-refractivity contribution in [2.75, 3.05) is 13.1 Å². The van der Waals surface area contributed by atoms with Gasteiger partial charge >= 0.3 is 0 Å². The first kappa shape index (κ1) is 39.4. The Morgan fingerprint density at radius 3 is 0.857 bits per heavy atom. The molecule has 1 unspecified atom stereocenters. The van der Waals surface area contributed by atoms with Crippen molar-refractivity contribution in [1.29, 1.82) is 0 Å².